The SMILES string of the molecule is CN(C)CCCCCCCCCCCCCCc1ccccc1. The molecule has 0 saturated heterocycles. The molecule has 1 nitrogen and oxygen atoms in total. The molecule has 1 aromatic carbocycles. The van der Waals surface area contributed by atoms with E-state index in [1.807, 2.05) is 0 Å². The van der Waals surface area contributed by atoms with Crippen molar-refractivity contribution in [1.29, 1.82) is 0 Å². The normalized spacial score (nSPS) is 11.3. The first-order valence-electron chi connectivity index (χ1n) is 9.97. The predicted octanol–water partition coefficient (Wildman–Crippen LogP) is 6.47. The summed E-state index contributed by atoms with van der Waals surface area (Å²) in [6.45, 7) is 1.25. The standard InChI is InChI=1S/C22H39N/c1-23(2)21-17-12-10-8-6-4-3-5-7-9-11-14-18-22-19-15-13-16-20-22/h13,15-16,19-20H,3-12,14,17-18,21H2,1-2H3. The molecule has 0 amide bonds. The lowest BCUT2D eigenvalue weighted by molar-refractivity contribution is 0.389. The number of hydrogen-bond acceptors (Lipinski definition) is 1. The molecule has 0 aliphatic heterocycles. The van der Waals surface area contributed by atoms with Crippen LogP contribution in [0.25, 0.3) is 0 Å². The molecule has 0 aliphatic rings. The molecule has 0 bridgehead atoms. The first-order chi connectivity index (χ1) is 11.3. The summed E-state index contributed by atoms with van der Waals surface area (Å²) in [5, 5.41) is 0. The Bertz CT molecular complexity index is 344. The van der Waals surface area contributed by atoms with Gasteiger partial charge in [0.1, 0.15) is 0 Å². The molecule has 0 radical (unpaired) electrons. The van der Waals surface area contributed by atoms with Gasteiger partial charge >= 0.3 is 0 Å². The smallest absolute Gasteiger partial charge is 0.00248 e. The first-order valence-corrected chi connectivity index (χ1v) is 9.97. The minimum atomic E-state index is 1.25. The van der Waals surface area contributed by atoms with Crippen molar-refractivity contribution in [3.05, 3.63) is 35.9 Å². The van der Waals surface area contributed by atoms with E-state index >= 15 is 0 Å². The largest absolute Gasteiger partial charge is 0.309 e. The van der Waals surface area contributed by atoms with Crippen molar-refractivity contribution in [3.8, 4) is 0 Å². The summed E-state index contributed by atoms with van der Waals surface area (Å²) in [6, 6.07) is 10.9. The van der Waals surface area contributed by atoms with Crippen molar-refractivity contribution in [2.45, 2.75) is 83.5 Å². The molecular weight excluding hydrogens is 278 g/mol. The van der Waals surface area contributed by atoms with Crippen LogP contribution in [0, 0.1) is 0 Å². The van der Waals surface area contributed by atoms with Crippen molar-refractivity contribution in [2.75, 3.05) is 20.6 Å². The van der Waals surface area contributed by atoms with E-state index in [0.717, 1.165) is 0 Å². The third kappa shape index (κ3) is 13.3. The molecule has 0 N–H and O–H groups in total. The zero-order valence-electron chi connectivity index (χ0n) is 15.7. The Morgan fingerprint density at radius 2 is 1.00 bits per heavy atom. The Hall–Kier alpha value is -0.820. The van der Waals surface area contributed by atoms with E-state index < -0.39 is 0 Å². The van der Waals surface area contributed by atoms with Crippen molar-refractivity contribution >= 4 is 0 Å². The second-order valence-corrected chi connectivity index (χ2v) is 7.28. The number of rotatable bonds is 15. The summed E-state index contributed by atoms with van der Waals surface area (Å²) in [7, 11) is 4.34. The monoisotopic (exact) mass is 317 g/mol. The van der Waals surface area contributed by atoms with Crippen LogP contribution in [0.4, 0.5) is 0 Å². The molecule has 0 aliphatic carbocycles. The highest BCUT2D eigenvalue weighted by Gasteiger charge is 1.95. The fourth-order valence-corrected chi connectivity index (χ4v) is 3.17. The highest BCUT2D eigenvalue weighted by Crippen LogP contribution is 2.13. The van der Waals surface area contributed by atoms with Crippen LogP contribution in [0.2, 0.25) is 0 Å². The third-order valence-electron chi connectivity index (χ3n) is 4.66. The van der Waals surface area contributed by atoms with Gasteiger partial charge in [-0.3, -0.25) is 0 Å². The molecule has 1 heteroatoms. The lowest BCUT2D eigenvalue weighted by Gasteiger charge is -2.08. The molecule has 0 atom stereocenters. The summed E-state index contributed by atoms with van der Waals surface area (Å²) in [5.41, 5.74) is 1.50. The van der Waals surface area contributed by atoms with E-state index in [0.29, 0.717) is 0 Å². The lowest BCUT2D eigenvalue weighted by atomic mass is 10.0. The average molecular weight is 318 g/mol. The predicted molar refractivity (Wildman–Crippen MR) is 104 cm³/mol. The Morgan fingerprint density at radius 3 is 1.48 bits per heavy atom. The van der Waals surface area contributed by atoms with Crippen LogP contribution in [0.5, 0.6) is 0 Å². The molecule has 0 heterocycles. The van der Waals surface area contributed by atoms with Gasteiger partial charge in [-0.25, -0.2) is 0 Å². The van der Waals surface area contributed by atoms with Crippen LogP contribution < -0.4 is 0 Å². The molecule has 1 aromatic rings. The van der Waals surface area contributed by atoms with Crippen LogP contribution in [0.1, 0.15) is 82.6 Å². The quantitative estimate of drug-likeness (QED) is 0.335. The highest BCUT2D eigenvalue weighted by molar-refractivity contribution is 5.14. The maximum Gasteiger partial charge on any atom is -0.00248 e. The summed E-state index contributed by atoms with van der Waals surface area (Å²) in [5.74, 6) is 0. The first kappa shape index (κ1) is 20.2. The Labute approximate surface area is 145 Å². The zero-order valence-corrected chi connectivity index (χ0v) is 15.7. The van der Waals surface area contributed by atoms with Crippen LogP contribution in [-0.2, 0) is 6.42 Å². The molecule has 0 unspecified atom stereocenters. The third-order valence-corrected chi connectivity index (χ3v) is 4.66. The highest BCUT2D eigenvalue weighted by atomic mass is 15.0. The van der Waals surface area contributed by atoms with Gasteiger partial charge < -0.3 is 4.90 Å². The Balaban J connectivity index is 1.73. The molecule has 132 valence electrons. The number of unbranched alkanes of at least 4 members (excludes halogenated alkanes) is 11. The molecule has 23 heavy (non-hydrogen) atoms. The minimum absolute atomic E-state index is 1.25. The molecular formula is C22H39N. The van der Waals surface area contributed by atoms with Crippen LogP contribution >= 0.6 is 0 Å². The maximum absolute atomic E-state index is 2.29. The van der Waals surface area contributed by atoms with Crippen LogP contribution in [-0.4, -0.2) is 25.5 Å². The molecule has 0 spiro atoms. The molecule has 0 saturated carbocycles. The number of nitrogens with zero attached hydrogens (tertiary/aromatic N) is 1. The Kier molecular flexibility index (Phi) is 13.0. The fraction of sp³-hybridized carbons (Fsp3) is 0.727. The van der Waals surface area contributed by atoms with Crippen LogP contribution in [0.3, 0.4) is 0 Å². The summed E-state index contributed by atoms with van der Waals surface area (Å²) in [4.78, 5) is 2.29. The maximum atomic E-state index is 2.29. The van der Waals surface area contributed by atoms with E-state index in [1.54, 1.807) is 0 Å². The van der Waals surface area contributed by atoms with Gasteiger partial charge in [-0.15, -0.1) is 0 Å². The summed E-state index contributed by atoms with van der Waals surface area (Å²) in [6.07, 6.45) is 18.4. The average Bonchev–Trinajstić information content (AvgIpc) is 2.56. The minimum Gasteiger partial charge on any atom is -0.309 e. The molecule has 1 rings (SSSR count). The van der Waals surface area contributed by atoms with Crippen molar-refractivity contribution in [1.82, 2.24) is 4.90 Å². The van der Waals surface area contributed by atoms with E-state index in [2.05, 4.69) is 49.3 Å². The topological polar surface area (TPSA) is 3.24 Å². The van der Waals surface area contributed by atoms with E-state index in [9.17, 15) is 0 Å². The van der Waals surface area contributed by atoms with Gasteiger partial charge in [-0.1, -0.05) is 94.5 Å². The van der Waals surface area contributed by atoms with Gasteiger partial charge in [0.05, 0.1) is 0 Å². The fourth-order valence-electron chi connectivity index (χ4n) is 3.17. The van der Waals surface area contributed by atoms with Crippen molar-refractivity contribution in [2.24, 2.45) is 0 Å². The van der Waals surface area contributed by atoms with Gasteiger partial charge in [-0.2, -0.15) is 0 Å². The van der Waals surface area contributed by atoms with E-state index in [4.69, 9.17) is 0 Å². The Morgan fingerprint density at radius 1 is 0.565 bits per heavy atom. The van der Waals surface area contributed by atoms with Gasteiger partial charge in [0.25, 0.3) is 0 Å². The van der Waals surface area contributed by atoms with E-state index in [-0.39, 0.29) is 0 Å². The number of hydrogen-bond donors (Lipinski definition) is 0. The zero-order chi connectivity index (χ0) is 16.6. The summed E-state index contributed by atoms with van der Waals surface area (Å²) >= 11 is 0. The van der Waals surface area contributed by atoms with Gasteiger partial charge in [0.15, 0.2) is 0 Å². The van der Waals surface area contributed by atoms with E-state index in [1.165, 1.54) is 95.6 Å². The second-order valence-electron chi connectivity index (χ2n) is 7.28. The van der Waals surface area contributed by atoms with Crippen molar-refractivity contribution < 1.29 is 0 Å². The van der Waals surface area contributed by atoms with Crippen molar-refractivity contribution in [3.63, 3.8) is 0 Å². The number of benzene rings is 1. The lowest BCUT2D eigenvalue weighted by Crippen LogP contribution is -2.12. The van der Waals surface area contributed by atoms with Crippen LogP contribution in [0.15, 0.2) is 30.3 Å². The van der Waals surface area contributed by atoms with Gasteiger partial charge in [-0.05, 0) is 45.5 Å². The number of aryl methyl sites for hydroxylation is 1. The summed E-state index contributed by atoms with van der Waals surface area (Å²) < 4.78 is 0. The van der Waals surface area contributed by atoms with Gasteiger partial charge in [0, 0.05) is 0 Å². The molecule has 0 aromatic heterocycles. The molecule has 0 fully saturated rings. The second kappa shape index (κ2) is 14.8. The van der Waals surface area contributed by atoms with Gasteiger partial charge in [0.2, 0.25) is 0 Å².